The molecule has 0 saturated heterocycles. The van der Waals surface area contributed by atoms with E-state index >= 15 is 0 Å². The molecule has 24 heavy (non-hydrogen) atoms. The van der Waals surface area contributed by atoms with Gasteiger partial charge in [0.1, 0.15) is 0 Å². The van der Waals surface area contributed by atoms with Crippen LogP contribution in [0.1, 0.15) is 27.6 Å². The molecule has 0 fully saturated rings. The maximum absolute atomic E-state index is 12.1. The highest BCUT2D eigenvalue weighted by Gasteiger charge is 2.14. The number of hydrogen-bond donors (Lipinski definition) is 0. The Morgan fingerprint density at radius 3 is 2.29 bits per heavy atom. The third-order valence-electron chi connectivity index (χ3n) is 3.20. The van der Waals surface area contributed by atoms with Gasteiger partial charge >= 0.3 is 5.97 Å². The molecule has 0 aliphatic heterocycles. The Morgan fingerprint density at radius 1 is 1.00 bits per heavy atom. The fourth-order valence-electron chi connectivity index (χ4n) is 2.00. The zero-order chi connectivity index (χ0) is 17.5. The molecular formula is C18H17BrO5. The molecule has 0 saturated carbocycles. The normalized spacial score (nSPS) is 10.1. The summed E-state index contributed by atoms with van der Waals surface area (Å²) in [6, 6.07) is 11.6. The molecule has 0 aliphatic carbocycles. The maximum atomic E-state index is 12.1. The van der Waals surface area contributed by atoms with Crippen LogP contribution in [0.15, 0.2) is 46.9 Å². The minimum absolute atomic E-state index is 0.270. The second kappa shape index (κ2) is 8.49. The summed E-state index contributed by atoms with van der Waals surface area (Å²) in [5.41, 5.74) is 0.772. The number of Topliss-reactive ketones (excluding diaryl/α,β-unsaturated/α-hetero) is 1. The largest absolute Gasteiger partial charge is 0.493 e. The van der Waals surface area contributed by atoms with Gasteiger partial charge in [0.05, 0.1) is 19.3 Å². The van der Waals surface area contributed by atoms with E-state index in [1.165, 1.54) is 13.2 Å². The minimum Gasteiger partial charge on any atom is -0.493 e. The lowest BCUT2D eigenvalue weighted by molar-refractivity contribution is 0.0474. The molecule has 6 heteroatoms. The molecule has 2 aromatic carbocycles. The van der Waals surface area contributed by atoms with E-state index in [9.17, 15) is 9.59 Å². The summed E-state index contributed by atoms with van der Waals surface area (Å²) in [7, 11) is 1.49. The van der Waals surface area contributed by atoms with Crippen LogP contribution < -0.4 is 9.47 Å². The molecule has 0 atom stereocenters. The van der Waals surface area contributed by atoms with Crippen LogP contribution in [0.2, 0.25) is 0 Å². The van der Waals surface area contributed by atoms with Crippen LogP contribution in [0.5, 0.6) is 11.5 Å². The number of benzene rings is 2. The summed E-state index contributed by atoms with van der Waals surface area (Å²) < 4.78 is 16.5. The predicted molar refractivity (Wildman–Crippen MR) is 92.9 cm³/mol. The fraction of sp³-hybridized carbons (Fsp3) is 0.222. The van der Waals surface area contributed by atoms with Gasteiger partial charge in [0.15, 0.2) is 23.9 Å². The average Bonchev–Trinajstić information content (AvgIpc) is 2.60. The van der Waals surface area contributed by atoms with Crippen LogP contribution in [-0.2, 0) is 4.74 Å². The van der Waals surface area contributed by atoms with E-state index in [1.54, 1.807) is 36.4 Å². The Balaban J connectivity index is 2.01. The molecule has 0 radical (unpaired) electrons. The van der Waals surface area contributed by atoms with Crippen molar-refractivity contribution in [2.75, 3.05) is 20.3 Å². The molecule has 2 rings (SSSR count). The van der Waals surface area contributed by atoms with Gasteiger partial charge in [-0.1, -0.05) is 28.1 Å². The molecule has 0 aromatic heterocycles. The minimum atomic E-state index is -0.596. The Kier molecular flexibility index (Phi) is 6.37. The number of halogens is 1. The van der Waals surface area contributed by atoms with Gasteiger partial charge in [-0.25, -0.2) is 4.79 Å². The zero-order valence-corrected chi connectivity index (χ0v) is 15.0. The molecule has 0 spiro atoms. The van der Waals surface area contributed by atoms with Gasteiger partial charge in [-0.15, -0.1) is 0 Å². The number of carbonyl (C=O) groups excluding carboxylic acids is 2. The van der Waals surface area contributed by atoms with E-state index in [1.807, 2.05) is 6.92 Å². The van der Waals surface area contributed by atoms with Crippen LogP contribution in [-0.4, -0.2) is 32.1 Å². The van der Waals surface area contributed by atoms with Gasteiger partial charge in [-0.2, -0.15) is 0 Å². The Morgan fingerprint density at radius 2 is 1.67 bits per heavy atom. The third-order valence-corrected chi connectivity index (χ3v) is 3.73. The molecule has 0 unspecified atom stereocenters. The lowest BCUT2D eigenvalue weighted by atomic mass is 10.1. The van der Waals surface area contributed by atoms with Crippen molar-refractivity contribution in [3.8, 4) is 11.5 Å². The summed E-state index contributed by atoms with van der Waals surface area (Å²) >= 11 is 3.30. The molecule has 5 nitrogen and oxygen atoms in total. The second-order valence-electron chi connectivity index (χ2n) is 4.80. The average molecular weight is 393 g/mol. The summed E-state index contributed by atoms with van der Waals surface area (Å²) in [5, 5.41) is 0. The van der Waals surface area contributed by atoms with Crippen LogP contribution in [0, 0.1) is 0 Å². The number of hydrogen-bond acceptors (Lipinski definition) is 5. The van der Waals surface area contributed by atoms with Crippen molar-refractivity contribution >= 4 is 27.7 Å². The van der Waals surface area contributed by atoms with E-state index < -0.39 is 5.97 Å². The summed E-state index contributed by atoms with van der Waals surface area (Å²) in [5.74, 6) is 0.114. The molecule has 0 N–H and O–H groups in total. The van der Waals surface area contributed by atoms with Crippen LogP contribution in [0.25, 0.3) is 0 Å². The van der Waals surface area contributed by atoms with Gasteiger partial charge in [0, 0.05) is 10.0 Å². The summed E-state index contributed by atoms with van der Waals surface area (Å²) in [4.78, 5) is 24.1. The Labute approximate surface area is 148 Å². The molecule has 0 bridgehead atoms. The zero-order valence-electron chi connectivity index (χ0n) is 13.4. The molecular weight excluding hydrogens is 376 g/mol. The van der Waals surface area contributed by atoms with Crippen LogP contribution in [0.3, 0.4) is 0 Å². The number of esters is 1. The Hall–Kier alpha value is -2.34. The van der Waals surface area contributed by atoms with Crippen molar-refractivity contribution in [2.45, 2.75) is 6.92 Å². The summed E-state index contributed by atoms with van der Waals surface area (Å²) in [6.07, 6.45) is 0. The predicted octanol–water partition coefficient (Wildman–Crippen LogP) is 3.90. The molecule has 0 aliphatic rings. The lowest BCUT2D eigenvalue weighted by Crippen LogP contribution is -2.14. The molecule has 0 heterocycles. The highest BCUT2D eigenvalue weighted by Crippen LogP contribution is 2.28. The maximum Gasteiger partial charge on any atom is 0.338 e. The van der Waals surface area contributed by atoms with E-state index in [2.05, 4.69) is 15.9 Å². The Bertz CT molecular complexity index is 725. The van der Waals surface area contributed by atoms with Gasteiger partial charge < -0.3 is 14.2 Å². The SMILES string of the molecule is CCOc1ccc(C(=O)OCC(=O)c2ccc(Br)cc2)cc1OC. The van der Waals surface area contributed by atoms with Gasteiger partial charge in [-0.3, -0.25) is 4.79 Å². The first-order valence-corrected chi connectivity index (χ1v) is 8.11. The highest BCUT2D eigenvalue weighted by atomic mass is 79.9. The molecule has 2 aromatic rings. The first-order chi connectivity index (χ1) is 11.5. The van der Waals surface area contributed by atoms with Crippen molar-refractivity contribution in [1.29, 1.82) is 0 Å². The smallest absolute Gasteiger partial charge is 0.338 e. The van der Waals surface area contributed by atoms with Gasteiger partial charge in [-0.05, 0) is 37.3 Å². The topological polar surface area (TPSA) is 61.8 Å². The van der Waals surface area contributed by atoms with Gasteiger partial charge in [0.2, 0.25) is 0 Å². The monoisotopic (exact) mass is 392 g/mol. The van der Waals surface area contributed by atoms with Gasteiger partial charge in [0.25, 0.3) is 0 Å². The number of methoxy groups -OCH3 is 1. The van der Waals surface area contributed by atoms with E-state index in [4.69, 9.17) is 14.2 Å². The number of ether oxygens (including phenoxy) is 3. The van der Waals surface area contributed by atoms with Crippen molar-refractivity contribution in [3.05, 3.63) is 58.1 Å². The quantitative estimate of drug-likeness (QED) is 0.528. The third kappa shape index (κ3) is 4.58. The van der Waals surface area contributed by atoms with E-state index in [0.717, 1.165) is 4.47 Å². The van der Waals surface area contributed by atoms with E-state index in [0.29, 0.717) is 29.2 Å². The van der Waals surface area contributed by atoms with Crippen LogP contribution >= 0.6 is 15.9 Å². The first kappa shape index (κ1) is 18.0. The van der Waals surface area contributed by atoms with Crippen molar-refractivity contribution in [3.63, 3.8) is 0 Å². The summed E-state index contributed by atoms with van der Waals surface area (Å²) in [6.45, 7) is 2.02. The van der Waals surface area contributed by atoms with Crippen molar-refractivity contribution < 1.29 is 23.8 Å². The standard InChI is InChI=1S/C18H17BrO5/c1-3-23-16-9-6-13(10-17(16)22-2)18(21)24-11-15(20)12-4-7-14(19)8-5-12/h4-10H,3,11H2,1-2H3. The van der Waals surface area contributed by atoms with E-state index in [-0.39, 0.29) is 12.4 Å². The first-order valence-electron chi connectivity index (χ1n) is 7.32. The molecule has 126 valence electrons. The van der Waals surface area contributed by atoms with Crippen molar-refractivity contribution in [2.24, 2.45) is 0 Å². The second-order valence-corrected chi connectivity index (χ2v) is 5.72. The number of ketones is 1. The van der Waals surface area contributed by atoms with Crippen molar-refractivity contribution in [1.82, 2.24) is 0 Å². The highest BCUT2D eigenvalue weighted by molar-refractivity contribution is 9.10. The fourth-order valence-corrected chi connectivity index (χ4v) is 2.27. The lowest BCUT2D eigenvalue weighted by Gasteiger charge is -2.10. The molecule has 0 amide bonds. The number of rotatable bonds is 7. The number of carbonyl (C=O) groups is 2. The van der Waals surface area contributed by atoms with Crippen LogP contribution in [0.4, 0.5) is 0 Å².